The zero-order chi connectivity index (χ0) is 13.8. The Hall–Kier alpha value is -1.15. The fourth-order valence-corrected chi connectivity index (χ4v) is 3.51. The third kappa shape index (κ3) is 3.29. The molecule has 0 spiro atoms. The van der Waals surface area contributed by atoms with Gasteiger partial charge in [-0.05, 0) is 62.4 Å². The quantitative estimate of drug-likeness (QED) is 0.780. The van der Waals surface area contributed by atoms with Crippen LogP contribution in [0.4, 0.5) is 0 Å². The van der Waals surface area contributed by atoms with E-state index in [2.05, 4.69) is 17.0 Å². The molecule has 1 heterocycles. The van der Waals surface area contributed by atoms with Crippen LogP contribution in [0, 0.1) is 0 Å². The molecule has 0 unspecified atom stereocenters. The highest BCUT2D eigenvalue weighted by atomic mass is 16.1. The number of nitrogens with zero attached hydrogens (tertiary/aromatic N) is 1. The summed E-state index contributed by atoms with van der Waals surface area (Å²) in [7, 11) is 0. The van der Waals surface area contributed by atoms with Gasteiger partial charge in [-0.15, -0.1) is 0 Å². The predicted molar refractivity (Wildman–Crippen MR) is 82.3 cm³/mol. The Kier molecular flexibility index (Phi) is 4.51. The maximum atomic E-state index is 12.3. The number of ketones is 1. The smallest absolute Gasteiger partial charge is 0.164 e. The van der Waals surface area contributed by atoms with Gasteiger partial charge in [0.1, 0.15) is 0 Å². The monoisotopic (exact) mass is 271 g/mol. The maximum absolute atomic E-state index is 12.3. The minimum atomic E-state index is 0.323. The molecule has 2 heteroatoms. The van der Waals surface area contributed by atoms with Gasteiger partial charge in [0.25, 0.3) is 0 Å². The highest BCUT2D eigenvalue weighted by molar-refractivity contribution is 5.96. The van der Waals surface area contributed by atoms with Crippen molar-refractivity contribution in [2.45, 2.75) is 51.4 Å². The van der Waals surface area contributed by atoms with E-state index in [9.17, 15) is 4.79 Å². The largest absolute Gasteiger partial charge is 0.303 e. The van der Waals surface area contributed by atoms with E-state index in [1.807, 2.05) is 6.07 Å². The van der Waals surface area contributed by atoms with E-state index in [4.69, 9.17) is 0 Å². The molecule has 0 radical (unpaired) electrons. The van der Waals surface area contributed by atoms with Crippen molar-refractivity contribution in [1.29, 1.82) is 0 Å². The van der Waals surface area contributed by atoms with E-state index < -0.39 is 0 Å². The van der Waals surface area contributed by atoms with E-state index in [1.54, 1.807) is 0 Å². The van der Waals surface area contributed by atoms with Gasteiger partial charge in [-0.2, -0.15) is 0 Å². The maximum Gasteiger partial charge on any atom is 0.164 e. The summed E-state index contributed by atoms with van der Waals surface area (Å²) in [4.78, 5) is 14.8. The molecule has 2 aliphatic rings. The molecule has 1 aromatic rings. The van der Waals surface area contributed by atoms with Crippen molar-refractivity contribution in [3.05, 3.63) is 34.9 Å². The van der Waals surface area contributed by atoms with Crippen LogP contribution in [0.15, 0.2) is 18.2 Å². The van der Waals surface area contributed by atoms with Crippen LogP contribution in [0.25, 0.3) is 0 Å². The van der Waals surface area contributed by atoms with Crippen LogP contribution < -0.4 is 0 Å². The summed E-state index contributed by atoms with van der Waals surface area (Å²) in [6.45, 7) is 3.30. The van der Waals surface area contributed by atoms with Crippen LogP contribution in [-0.2, 0) is 12.8 Å². The molecule has 0 saturated carbocycles. The molecular formula is C18H25NO. The fourth-order valence-electron chi connectivity index (χ4n) is 3.51. The first-order valence-electron chi connectivity index (χ1n) is 8.20. The summed E-state index contributed by atoms with van der Waals surface area (Å²) < 4.78 is 0. The molecule has 3 rings (SSSR count). The molecule has 1 saturated heterocycles. The first-order valence-corrected chi connectivity index (χ1v) is 8.20. The number of hydrogen-bond donors (Lipinski definition) is 0. The number of Topliss-reactive ketones (excluding diaryl/α,β-unsaturated/α-hetero) is 1. The minimum Gasteiger partial charge on any atom is -0.303 e. The van der Waals surface area contributed by atoms with Gasteiger partial charge < -0.3 is 4.90 Å². The third-order valence-electron chi connectivity index (χ3n) is 4.77. The Morgan fingerprint density at radius 3 is 2.50 bits per heavy atom. The van der Waals surface area contributed by atoms with Crippen molar-refractivity contribution < 1.29 is 4.79 Å². The Labute approximate surface area is 122 Å². The highest BCUT2D eigenvalue weighted by Gasteiger charge is 2.15. The summed E-state index contributed by atoms with van der Waals surface area (Å²) in [5.41, 5.74) is 3.79. The van der Waals surface area contributed by atoms with Crippen LogP contribution in [-0.4, -0.2) is 30.3 Å². The molecule has 0 N–H and O–H groups in total. The van der Waals surface area contributed by atoms with Crippen LogP contribution in [0.3, 0.4) is 0 Å². The number of rotatable bonds is 4. The second-order valence-corrected chi connectivity index (χ2v) is 6.27. The lowest BCUT2D eigenvalue weighted by Gasteiger charge is -2.19. The lowest BCUT2D eigenvalue weighted by Crippen LogP contribution is -2.27. The number of aryl methyl sites for hydroxylation is 2. The van der Waals surface area contributed by atoms with Crippen molar-refractivity contribution in [3.63, 3.8) is 0 Å². The summed E-state index contributed by atoms with van der Waals surface area (Å²) in [6, 6.07) is 6.35. The van der Waals surface area contributed by atoms with Crippen LogP contribution in [0.1, 0.15) is 60.0 Å². The van der Waals surface area contributed by atoms with Crippen LogP contribution in [0.2, 0.25) is 0 Å². The second kappa shape index (κ2) is 6.53. The van der Waals surface area contributed by atoms with Gasteiger partial charge in [-0.25, -0.2) is 0 Å². The first-order chi connectivity index (χ1) is 9.83. The fraction of sp³-hybridized carbons (Fsp3) is 0.611. The van der Waals surface area contributed by atoms with Gasteiger partial charge in [0.2, 0.25) is 0 Å². The lowest BCUT2D eigenvalue weighted by atomic mass is 10.0. The third-order valence-corrected chi connectivity index (χ3v) is 4.77. The molecule has 1 aliphatic carbocycles. The standard InChI is InChI=1S/C18H25NO/c20-18(10-13-19-11-3-1-2-4-12-19)17-9-8-15-6-5-7-16(15)14-17/h8-9,14H,1-7,10-13H2. The second-order valence-electron chi connectivity index (χ2n) is 6.27. The van der Waals surface area contributed by atoms with Gasteiger partial charge in [0.05, 0.1) is 0 Å². The van der Waals surface area contributed by atoms with E-state index in [0.29, 0.717) is 12.2 Å². The molecule has 1 aromatic carbocycles. The van der Waals surface area contributed by atoms with Crippen molar-refractivity contribution in [2.24, 2.45) is 0 Å². The number of benzene rings is 1. The van der Waals surface area contributed by atoms with Crippen molar-refractivity contribution in [2.75, 3.05) is 19.6 Å². The number of carbonyl (C=O) groups is 1. The molecule has 0 aromatic heterocycles. The summed E-state index contributed by atoms with van der Waals surface area (Å²) in [5.74, 6) is 0.323. The number of hydrogen-bond acceptors (Lipinski definition) is 2. The predicted octanol–water partition coefficient (Wildman–Crippen LogP) is 3.62. The summed E-state index contributed by atoms with van der Waals surface area (Å²) in [6.07, 6.45) is 9.59. The normalized spacial score (nSPS) is 19.6. The van der Waals surface area contributed by atoms with Crippen molar-refractivity contribution in [1.82, 2.24) is 4.90 Å². The van der Waals surface area contributed by atoms with Crippen LogP contribution >= 0.6 is 0 Å². The Balaban J connectivity index is 1.56. The average Bonchev–Trinajstić information content (AvgIpc) is 2.78. The zero-order valence-electron chi connectivity index (χ0n) is 12.4. The van der Waals surface area contributed by atoms with Gasteiger partial charge >= 0.3 is 0 Å². The Bertz CT molecular complexity index is 472. The molecule has 0 bridgehead atoms. The molecule has 0 amide bonds. The van der Waals surface area contributed by atoms with Gasteiger partial charge in [-0.1, -0.05) is 25.0 Å². The van der Waals surface area contributed by atoms with Gasteiger partial charge in [-0.3, -0.25) is 4.79 Å². The van der Waals surface area contributed by atoms with Crippen molar-refractivity contribution >= 4 is 5.78 Å². The molecule has 2 nitrogen and oxygen atoms in total. The lowest BCUT2D eigenvalue weighted by molar-refractivity contribution is 0.0965. The molecule has 108 valence electrons. The number of carbonyl (C=O) groups excluding carboxylic acids is 1. The molecule has 20 heavy (non-hydrogen) atoms. The average molecular weight is 271 g/mol. The Morgan fingerprint density at radius 2 is 1.70 bits per heavy atom. The SMILES string of the molecule is O=C(CCN1CCCCCC1)c1ccc2c(c1)CCC2. The summed E-state index contributed by atoms with van der Waals surface area (Å²) in [5, 5.41) is 0. The van der Waals surface area contributed by atoms with E-state index in [1.165, 1.54) is 62.7 Å². The highest BCUT2D eigenvalue weighted by Crippen LogP contribution is 2.23. The van der Waals surface area contributed by atoms with Crippen LogP contribution in [0.5, 0.6) is 0 Å². The molecule has 0 atom stereocenters. The van der Waals surface area contributed by atoms with Gasteiger partial charge in [0.15, 0.2) is 5.78 Å². The first kappa shape index (κ1) is 13.8. The number of fused-ring (bicyclic) bond motifs is 1. The Morgan fingerprint density at radius 1 is 0.950 bits per heavy atom. The van der Waals surface area contributed by atoms with E-state index in [0.717, 1.165) is 18.5 Å². The molecule has 1 fully saturated rings. The molecular weight excluding hydrogens is 246 g/mol. The minimum absolute atomic E-state index is 0.323. The summed E-state index contributed by atoms with van der Waals surface area (Å²) >= 11 is 0. The number of likely N-dealkylation sites (tertiary alicyclic amines) is 1. The van der Waals surface area contributed by atoms with Gasteiger partial charge in [0, 0.05) is 18.5 Å². The van der Waals surface area contributed by atoms with E-state index >= 15 is 0 Å². The topological polar surface area (TPSA) is 20.3 Å². The van der Waals surface area contributed by atoms with Crippen molar-refractivity contribution in [3.8, 4) is 0 Å². The van der Waals surface area contributed by atoms with E-state index in [-0.39, 0.29) is 0 Å². The zero-order valence-corrected chi connectivity index (χ0v) is 12.4. The molecule has 1 aliphatic heterocycles.